The lowest BCUT2D eigenvalue weighted by Crippen LogP contribution is -2.35. The van der Waals surface area contributed by atoms with Crippen molar-refractivity contribution in [3.8, 4) is 17.0 Å². The third kappa shape index (κ3) is 3.52. The van der Waals surface area contributed by atoms with Crippen molar-refractivity contribution in [2.45, 2.75) is 25.3 Å². The van der Waals surface area contributed by atoms with Crippen LogP contribution in [0.3, 0.4) is 0 Å². The Kier molecular flexibility index (Phi) is 4.62. The van der Waals surface area contributed by atoms with Crippen LogP contribution in [0, 0.1) is 18.7 Å². The van der Waals surface area contributed by atoms with E-state index in [1.807, 2.05) is 6.92 Å². The summed E-state index contributed by atoms with van der Waals surface area (Å²) in [5.74, 6) is 1.13. The van der Waals surface area contributed by atoms with Gasteiger partial charge in [-0.05, 0) is 61.4 Å². The lowest BCUT2D eigenvalue weighted by atomic mass is 9.98. The van der Waals surface area contributed by atoms with Gasteiger partial charge in [0, 0.05) is 35.5 Å². The highest BCUT2D eigenvalue weighted by atomic mass is 19.1. The number of nitrogens with zero attached hydrogens (tertiary/aromatic N) is 2. The van der Waals surface area contributed by atoms with Crippen LogP contribution in [-0.2, 0) is 4.74 Å². The second-order valence-electron chi connectivity index (χ2n) is 8.97. The van der Waals surface area contributed by atoms with E-state index in [2.05, 4.69) is 25.9 Å². The van der Waals surface area contributed by atoms with Crippen molar-refractivity contribution in [2.75, 3.05) is 36.9 Å². The average molecular weight is 449 g/mol. The maximum atomic E-state index is 15.0. The third-order valence-electron chi connectivity index (χ3n) is 6.94. The molecule has 1 saturated heterocycles. The van der Waals surface area contributed by atoms with Gasteiger partial charge in [-0.25, -0.2) is 19.2 Å². The van der Waals surface area contributed by atoms with Crippen LogP contribution in [0.4, 0.5) is 20.7 Å². The zero-order chi connectivity index (χ0) is 22.6. The number of halogens is 1. The molecule has 0 bridgehead atoms. The van der Waals surface area contributed by atoms with Gasteiger partial charge in [0.25, 0.3) is 0 Å². The van der Waals surface area contributed by atoms with Gasteiger partial charge in [-0.15, -0.1) is 0 Å². The number of hydrogen-bond donors (Lipinski definition) is 3. The second-order valence-corrected chi connectivity index (χ2v) is 8.97. The molecular weight excluding hydrogens is 425 g/mol. The van der Waals surface area contributed by atoms with Gasteiger partial charge in [-0.3, -0.25) is 5.32 Å². The van der Waals surface area contributed by atoms with Gasteiger partial charge in [0.05, 0.1) is 5.54 Å². The zero-order valence-corrected chi connectivity index (χ0v) is 18.2. The van der Waals surface area contributed by atoms with Gasteiger partial charge in [0.1, 0.15) is 30.5 Å². The quantitative estimate of drug-likeness (QED) is 0.557. The fraction of sp³-hybridized carbons (Fsp3) is 0.375. The number of amides is 1. The Morgan fingerprint density at radius 3 is 2.97 bits per heavy atom. The Morgan fingerprint density at radius 2 is 2.15 bits per heavy atom. The van der Waals surface area contributed by atoms with Crippen LogP contribution in [0.2, 0.25) is 0 Å². The van der Waals surface area contributed by atoms with Crippen LogP contribution in [0.1, 0.15) is 18.4 Å². The number of hydrogen-bond acceptors (Lipinski definition) is 7. The van der Waals surface area contributed by atoms with Crippen LogP contribution >= 0.6 is 0 Å². The minimum atomic E-state index is -0.543. The molecule has 33 heavy (non-hydrogen) atoms. The van der Waals surface area contributed by atoms with Crippen molar-refractivity contribution >= 4 is 28.4 Å². The molecule has 1 amide bonds. The highest BCUT2D eigenvalue weighted by molar-refractivity contribution is 5.92. The summed E-state index contributed by atoms with van der Waals surface area (Å²) in [4.78, 5) is 20.9. The molecule has 9 heteroatoms. The number of piperidine rings is 1. The SMILES string of the molecule is Cc1c(-c2cc3cc(NC(=O)OCC45CC4CCN5)ncc3cc2F)cnc2c1NCCO2. The number of benzene rings is 1. The smallest absolute Gasteiger partial charge is 0.412 e. The van der Waals surface area contributed by atoms with E-state index in [1.165, 1.54) is 6.07 Å². The van der Waals surface area contributed by atoms with Gasteiger partial charge in [0.15, 0.2) is 0 Å². The standard InChI is InChI=1S/C24H24FN5O3/c1-13-18(11-28-22-21(13)26-4-5-32-22)17-6-14-8-20(27-10-15(14)7-19(17)25)30-23(31)33-12-24-9-16(24)2-3-29-24/h6-8,10-11,16,26,29H,2-5,9,12H2,1H3,(H,27,30,31). The molecule has 2 aliphatic heterocycles. The van der Waals surface area contributed by atoms with Crippen molar-refractivity contribution in [1.82, 2.24) is 15.3 Å². The van der Waals surface area contributed by atoms with Crippen LogP contribution in [0.25, 0.3) is 21.9 Å². The van der Waals surface area contributed by atoms with E-state index >= 15 is 4.39 Å². The molecule has 0 radical (unpaired) electrons. The number of nitrogens with one attached hydrogen (secondary N) is 3. The summed E-state index contributed by atoms with van der Waals surface area (Å²) >= 11 is 0. The molecule has 2 unspecified atom stereocenters. The van der Waals surface area contributed by atoms with Gasteiger partial charge < -0.3 is 20.1 Å². The predicted molar refractivity (Wildman–Crippen MR) is 122 cm³/mol. The van der Waals surface area contributed by atoms with Crippen LogP contribution in [0.15, 0.2) is 30.6 Å². The number of aromatic nitrogens is 2. The van der Waals surface area contributed by atoms with Gasteiger partial charge in [0.2, 0.25) is 5.88 Å². The van der Waals surface area contributed by atoms with E-state index in [0.29, 0.717) is 53.9 Å². The lowest BCUT2D eigenvalue weighted by molar-refractivity contribution is 0.144. The Bertz CT molecular complexity index is 1280. The topological polar surface area (TPSA) is 97.4 Å². The molecule has 2 atom stereocenters. The van der Waals surface area contributed by atoms with Crippen molar-refractivity contribution < 1.29 is 18.7 Å². The molecular formula is C24H24FN5O3. The van der Waals surface area contributed by atoms with E-state index in [-0.39, 0.29) is 11.4 Å². The molecule has 8 nitrogen and oxygen atoms in total. The fourth-order valence-corrected chi connectivity index (χ4v) is 4.97. The maximum Gasteiger partial charge on any atom is 0.412 e. The van der Waals surface area contributed by atoms with Crippen LogP contribution in [-0.4, -0.2) is 47.9 Å². The fourth-order valence-electron chi connectivity index (χ4n) is 4.97. The molecule has 0 spiro atoms. The number of carbonyl (C=O) groups excluding carboxylic acids is 1. The summed E-state index contributed by atoms with van der Waals surface area (Å²) in [6, 6.07) is 4.91. The first kappa shape index (κ1) is 20.2. The molecule has 170 valence electrons. The van der Waals surface area contributed by atoms with Gasteiger partial charge in [-0.2, -0.15) is 0 Å². The number of ether oxygens (including phenoxy) is 2. The van der Waals surface area contributed by atoms with Crippen molar-refractivity contribution in [1.29, 1.82) is 0 Å². The van der Waals surface area contributed by atoms with E-state index < -0.39 is 6.09 Å². The summed E-state index contributed by atoms with van der Waals surface area (Å²) in [6.45, 7) is 4.47. The largest absolute Gasteiger partial charge is 0.474 e. The normalized spacial score (nSPS) is 22.7. The van der Waals surface area contributed by atoms with Crippen molar-refractivity contribution in [2.24, 2.45) is 5.92 Å². The van der Waals surface area contributed by atoms with Crippen molar-refractivity contribution in [3.63, 3.8) is 0 Å². The third-order valence-corrected chi connectivity index (χ3v) is 6.94. The lowest BCUT2D eigenvalue weighted by Gasteiger charge is -2.21. The molecule has 1 aromatic carbocycles. The molecule has 4 heterocycles. The molecule has 1 aliphatic carbocycles. The minimum absolute atomic E-state index is 0.0265. The molecule has 3 N–H and O–H groups in total. The zero-order valence-electron chi connectivity index (χ0n) is 18.2. The Balaban J connectivity index is 1.25. The number of carbonyl (C=O) groups is 1. The predicted octanol–water partition coefficient (Wildman–Crippen LogP) is 3.85. The highest BCUT2D eigenvalue weighted by Crippen LogP contribution is 2.49. The van der Waals surface area contributed by atoms with Crippen LogP contribution < -0.4 is 20.7 Å². The summed E-state index contributed by atoms with van der Waals surface area (Å²) in [5, 5.41) is 10.8. The summed E-state index contributed by atoms with van der Waals surface area (Å²) in [5.41, 5.74) is 2.73. The number of pyridine rings is 2. The van der Waals surface area contributed by atoms with Crippen LogP contribution in [0.5, 0.6) is 5.88 Å². The summed E-state index contributed by atoms with van der Waals surface area (Å²) in [6.07, 6.45) is 4.82. The second kappa shape index (κ2) is 7.55. The molecule has 2 fully saturated rings. The number of anilines is 2. The number of rotatable bonds is 4. The van der Waals surface area contributed by atoms with Crippen molar-refractivity contribution in [3.05, 3.63) is 42.0 Å². The first-order valence-corrected chi connectivity index (χ1v) is 11.2. The summed E-state index contributed by atoms with van der Waals surface area (Å²) in [7, 11) is 0. The monoisotopic (exact) mass is 449 g/mol. The van der Waals surface area contributed by atoms with Gasteiger partial charge in [-0.1, -0.05) is 0 Å². The average Bonchev–Trinajstić information content (AvgIpc) is 3.37. The molecule has 2 aromatic heterocycles. The van der Waals surface area contributed by atoms with E-state index in [0.717, 1.165) is 36.0 Å². The van der Waals surface area contributed by atoms with Gasteiger partial charge >= 0.3 is 6.09 Å². The molecule has 1 saturated carbocycles. The molecule has 6 rings (SSSR count). The Hall–Kier alpha value is -3.46. The Morgan fingerprint density at radius 1 is 1.24 bits per heavy atom. The first-order chi connectivity index (χ1) is 16.0. The first-order valence-electron chi connectivity index (χ1n) is 11.2. The number of fused-ring (bicyclic) bond motifs is 3. The van der Waals surface area contributed by atoms with E-state index in [1.54, 1.807) is 24.5 Å². The highest BCUT2D eigenvalue weighted by Gasteiger charge is 2.57. The molecule has 3 aliphatic rings. The maximum absolute atomic E-state index is 15.0. The Labute approximate surface area is 189 Å². The van der Waals surface area contributed by atoms with E-state index in [4.69, 9.17) is 9.47 Å². The molecule has 3 aromatic rings. The van der Waals surface area contributed by atoms with E-state index in [9.17, 15) is 4.79 Å². The summed E-state index contributed by atoms with van der Waals surface area (Å²) < 4.78 is 26.0. The minimum Gasteiger partial charge on any atom is -0.474 e.